The Kier molecular flexibility index (Phi) is 5.57. The molecular weight excluding hydrogens is 354 g/mol. The maximum Gasteiger partial charge on any atom is 0.256 e. The quantitative estimate of drug-likeness (QED) is 0.806. The van der Waals surface area contributed by atoms with Crippen LogP contribution in [-0.2, 0) is 17.9 Å². The van der Waals surface area contributed by atoms with Crippen molar-refractivity contribution in [2.45, 2.75) is 38.5 Å². The third kappa shape index (κ3) is 4.33. The first-order valence-electron chi connectivity index (χ1n) is 8.92. The van der Waals surface area contributed by atoms with Crippen LogP contribution in [-0.4, -0.2) is 56.5 Å². The van der Waals surface area contributed by atoms with Gasteiger partial charge in [-0.15, -0.1) is 0 Å². The lowest BCUT2D eigenvalue weighted by molar-refractivity contribution is -0.160. The highest BCUT2D eigenvalue weighted by Gasteiger charge is 2.43. The molecule has 0 spiro atoms. The molecule has 1 fully saturated rings. The van der Waals surface area contributed by atoms with Crippen LogP contribution in [0.5, 0.6) is 0 Å². The van der Waals surface area contributed by atoms with E-state index in [4.69, 9.17) is 0 Å². The number of piperidine rings is 1. The summed E-state index contributed by atoms with van der Waals surface area (Å²) in [7, 11) is 1.80. The lowest BCUT2D eigenvalue weighted by Crippen LogP contribution is -2.57. The first-order valence-corrected chi connectivity index (χ1v) is 8.92. The van der Waals surface area contributed by atoms with Crippen LogP contribution in [0.2, 0.25) is 0 Å². The van der Waals surface area contributed by atoms with Gasteiger partial charge >= 0.3 is 0 Å². The van der Waals surface area contributed by atoms with E-state index in [2.05, 4.69) is 9.97 Å². The van der Waals surface area contributed by atoms with E-state index in [-0.39, 0.29) is 18.7 Å². The van der Waals surface area contributed by atoms with Gasteiger partial charge in [0.2, 0.25) is 0 Å². The molecule has 6 nitrogen and oxygen atoms in total. The lowest BCUT2D eigenvalue weighted by atomic mass is 9.90. The number of amides is 1. The van der Waals surface area contributed by atoms with E-state index in [1.54, 1.807) is 13.2 Å². The molecule has 2 heterocycles. The van der Waals surface area contributed by atoms with Gasteiger partial charge in [-0.05, 0) is 32.9 Å². The third-order valence-electron chi connectivity index (χ3n) is 4.80. The van der Waals surface area contributed by atoms with Crippen LogP contribution >= 0.6 is 0 Å². The van der Waals surface area contributed by atoms with E-state index in [0.717, 1.165) is 17.6 Å². The minimum absolute atomic E-state index is 0.0637. The number of nitrogens with zero attached hydrogens (tertiary/aromatic N) is 3. The second-order valence-corrected chi connectivity index (χ2v) is 7.26. The monoisotopic (exact) mass is 378 g/mol. The molecule has 1 aromatic carbocycles. The predicted octanol–water partition coefficient (Wildman–Crippen LogP) is 1.98. The molecular formula is C19H24F2N4O2. The summed E-state index contributed by atoms with van der Waals surface area (Å²) in [6.45, 7) is 2.83. The molecule has 1 unspecified atom stereocenters. The highest BCUT2D eigenvalue weighted by atomic mass is 19.2. The van der Waals surface area contributed by atoms with Gasteiger partial charge in [0, 0.05) is 37.1 Å². The molecule has 3 rings (SSSR count). The number of nitrogens with one attached hydrogen (secondary N) is 1. The number of H-pyrrole nitrogens is 1. The zero-order valence-electron chi connectivity index (χ0n) is 15.5. The molecule has 1 aliphatic rings. The fourth-order valence-electron chi connectivity index (χ4n) is 3.54. The van der Waals surface area contributed by atoms with Gasteiger partial charge < -0.3 is 15.0 Å². The minimum atomic E-state index is -1.56. The lowest BCUT2D eigenvalue weighted by Gasteiger charge is -2.40. The standard InChI is InChI=1S/C19H24F2N4O2/c1-13-9-22-16(23-13)11-24(2)12-19(27)7-4-8-25(18(19)26)10-14-5-3-6-15(20)17(14)21/h3,5-6,9,27H,4,7-8,10-12H2,1-2H3,(H,22,23). The summed E-state index contributed by atoms with van der Waals surface area (Å²) in [6.07, 6.45) is 2.64. The number of carbonyl (C=O) groups is 1. The number of rotatable bonds is 6. The summed E-state index contributed by atoms with van der Waals surface area (Å²) in [4.78, 5) is 23.4. The number of hydrogen-bond acceptors (Lipinski definition) is 4. The highest BCUT2D eigenvalue weighted by Crippen LogP contribution is 2.26. The number of hydrogen-bond donors (Lipinski definition) is 2. The second-order valence-electron chi connectivity index (χ2n) is 7.26. The normalized spacial score (nSPS) is 20.5. The smallest absolute Gasteiger partial charge is 0.256 e. The van der Waals surface area contributed by atoms with Gasteiger partial charge in [-0.2, -0.15) is 0 Å². The molecule has 0 bridgehead atoms. The Morgan fingerprint density at radius 3 is 2.89 bits per heavy atom. The zero-order valence-corrected chi connectivity index (χ0v) is 15.5. The van der Waals surface area contributed by atoms with Crippen molar-refractivity contribution in [1.82, 2.24) is 19.8 Å². The van der Waals surface area contributed by atoms with Crippen molar-refractivity contribution in [2.24, 2.45) is 0 Å². The molecule has 0 radical (unpaired) electrons. The van der Waals surface area contributed by atoms with E-state index in [0.29, 0.717) is 25.9 Å². The summed E-state index contributed by atoms with van der Waals surface area (Å²) in [6, 6.07) is 3.90. The SMILES string of the molecule is Cc1cnc(CN(C)CC2(O)CCCN(Cc3cccc(F)c3F)C2=O)[nH]1. The Morgan fingerprint density at radius 1 is 1.41 bits per heavy atom. The van der Waals surface area contributed by atoms with Crippen molar-refractivity contribution in [3.63, 3.8) is 0 Å². The Morgan fingerprint density at radius 2 is 2.19 bits per heavy atom. The number of likely N-dealkylation sites (N-methyl/N-ethyl adjacent to an activating group) is 1. The van der Waals surface area contributed by atoms with Crippen molar-refractivity contribution < 1.29 is 18.7 Å². The van der Waals surface area contributed by atoms with E-state index < -0.39 is 23.1 Å². The summed E-state index contributed by atoms with van der Waals surface area (Å²) < 4.78 is 27.4. The van der Waals surface area contributed by atoms with Crippen molar-refractivity contribution in [3.8, 4) is 0 Å². The fourth-order valence-corrected chi connectivity index (χ4v) is 3.54. The number of imidazole rings is 1. The molecule has 146 valence electrons. The average molecular weight is 378 g/mol. The molecule has 1 aliphatic heterocycles. The van der Waals surface area contributed by atoms with Gasteiger partial charge in [-0.1, -0.05) is 12.1 Å². The Bertz CT molecular complexity index is 826. The topological polar surface area (TPSA) is 72.5 Å². The maximum atomic E-state index is 13.9. The van der Waals surface area contributed by atoms with Crippen LogP contribution < -0.4 is 0 Å². The van der Waals surface area contributed by atoms with E-state index in [1.807, 2.05) is 11.8 Å². The van der Waals surface area contributed by atoms with Crippen LogP contribution in [0.25, 0.3) is 0 Å². The van der Waals surface area contributed by atoms with Gasteiger partial charge in [0.25, 0.3) is 5.91 Å². The number of carbonyl (C=O) groups excluding carboxylic acids is 1. The molecule has 0 saturated carbocycles. The molecule has 0 aliphatic carbocycles. The van der Waals surface area contributed by atoms with Crippen LogP contribution in [0.1, 0.15) is 29.9 Å². The number of benzene rings is 1. The van der Waals surface area contributed by atoms with Gasteiger partial charge in [0.15, 0.2) is 17.2 Å². The first kappa shape index (κ1) is 19.4. The minimum Gasteiger partial charge on any atom is -0.379 e. The number of aromatic amines is 1. The average Bonchev–Trinajstić information content (AvgIpc) is 3.00. The number of aryl methyl sites for hydroxylation is 1. The van der Waals surface area contributed by atoms with Crippen LogP contribution in [0, 0.1) is 18.6 Å². The van der Waals surface area contributed by atoms with Gasteiger partial charge in [0.05, 0.1) is 6.54 Å². The van der Waals surface area contributed by atoms with Crippen molar-refractivity contribution in [3.05, 3.63) is 53.1 Å². The number of likely N-dealkylation sites (tertiary alicyclic amines) is 1. The van der Waals surface area contributed by atoms with Crippen molar-refractivity contribution in [2.75, 3.05) is 20.1 Å². The molecule has 1 saturated heterocycles. The first-order chi connectivity index (χ1) is 12.8. The predicted molar refractivity (Wildman–Crippen MR) is 95.6 cm³/mol. The summed E-state index contributed by atoms with van der Waals surface area (Å²) >= 11 is 0. The molecule has 1 atom stereocenters. The zero-order chi connectivity index (χ0) is 19.6. The van der Waals surface area contributed by atoms with Crippen molar-refractivity contribution >= 4 is 5.91 Å². The second kappa shape index (κ2) is 7.74. The molecule has 1 amide bonds. The molecule has 1 aromatic heterocycles. The Balaban J connectivity index is 1.68. The number of halogens is 2. The third-order valence-corrected chi connectivity index (χ3v) is 4.80. The maximum absolute atomic E-state index is 13.9. The van der Waals surface area contributed by atoms with Crippen LogP contribution in [0.4, 0.5) is 8.78 Å². The molecule has 2 aromatic rings. The number of aliphatic hydroxyl groups is 1. The van der Waals surface area contributed by atoms with Gasteiger partial charge in [0.1, 0.15) is 5.82 Å². The molecule has 2 N–H and O–H groups in total. The molecule has 8 heteroatoms. The summed E-state index contributed by atoms with van der Waals surface area (Å²) in [5.74, 6) is -1.61. The summed E-state index contributed by atoms with van der Waals surface area (Å²) in [5.41, 5.74) is -0.514. The molecule has 27 heavy (non-hydrogen) atoms. The Hall–Kier alpha value is -2.32. The van der Waals surface area contributed by atoms with Crippen LogP contribution in [0.15, 0.2) is 24.4 Å². The van der Waals surface area contributed by atoms with E-state index in [1.165, 1.54) is 17.0 Å². The Labute approximate surface area is 156 Å². The van der Waals surface area contributed by atoms with E-state index >= 15 is 0 Å². The largest absolute Gasteiger partial charge is 0.379 e. The van der Waals surface area contributed by atoms with Crippen molar-refractivity contribution in [1.29, 1.82) is 0 Å². The van der Waals surface area contributed by atoms with Crippen LogP contribution in [0.3, 0.4) is 0 Å². The van der Waals surface area contributed by atoms with Gasteiger partial charge in [-0.25, -0.2) is 13.8 Å². The fraction of sp³-hybridized carbons (Fsp3) is 0.474. The summed E-state index contributed by atoms with van der Waals surface area (Å²) in [5, 5.41) is 10.9. The highest BCUT2D eigenvalue weighted by molar-refractivity contribution is 5.86. The van der Waals surface area contributed by atoms with Gasteiger partial charge in [-0.3, -0.25) is 9.69 Å². The van der Waals surface area contributed by atoms with E-state index in [9.17, 15) is 18.7 Å². The number of aromatic nitrogens is 2.